The number of hydrogen-bond donors (Lipinski definition) is 1. The zero-order valence-corrected chi connectivity index (χ0v) is 14.1. The molecule has 3 aromatic rings. The first-order valence-corrected chi connectivity index (χ1v) is 7.99. The molecule has 0 saturated carbocycles. The van der Waals surface area contributed by atoms with Gasteiger partial charge < -0.3 is 10.1 Å². The van der Waals surface area contributed by atoms with E-state index in [1.54, 1.807) is 6.07 Å². The molecule has 1 N–H and O–H groups in total. The maximum absolute atomic E-state index is 12.6. The van der Waals surface area contributed by atoms with E-state index in [0.29, 0.717) is 5.75 Å². The van der Waals surface area contributed by atoms with Crippen molar-refractivity contribution in [2.24, 2.45) is 0 Å². The van der Waals surface area contributed by atoms with Crippen LogP contribution in [-0.2, 0) is 11.0 Å². The van der Waals surface area contributed by atoms with Gasteiger partial charge in [0.15, 0.2) is 6.61 Å². The number of nitrogens with one attached hydrogen (secondary N) is 1. The van der Waals surface area contributed by atoms with Crippen molar-refractivity contribution in [3.8, 4) is 5.75 Å². The van der Waals surface area contributed by atoms with Gasteiger partial charge in [-0.2, -0.15) is 13.2 Å². The summed E-state index contributed by atoms with van der Waals surface area (Å²) < 4.78 is 43.4. The summed E-state index contributed by atoms with van der Waals surface area (Å²) in [6.45, 7) is -0.300. The standard InChI is InChI=1S/C19H13ClF3NO2/c20-15-10-13(19(21,22)23)8-9-16(15)24-18(25)11-26-17-7-3-5-12-4-1-2-6-14(12)17/h1-10H,11H2,(H,24,25). The molecule has 26 heavy (non-hydrogen) atoms. The number of fused-ring (bicyclic) bond motifs is 1. The highest BCUT2D eigenvalue weighted by Gasteiger charge is 2.31. The van der Waals surface area contributed by atoms with Crippen LogP contribution in [0.3, 0.4) is 0 Å². The minimum Gasteiger partial charge on any atom is -0.483 e. The predicted molar refractivity (Wildman–Crippen MR) is 94.5 cm³/mol. The van der Waals surface area contributed by atoms with Gasteiger partial charge in [0.25, 0.3) is 5.91 Å². The minimum absolute atomic E-state index is 0.0891. The van der Waals surface area contributed by atoms with E-state index in [9.17, 15) is 18.0 Å². The van der Waals surface area contributed by atoms with Gasteiger partial charge in [-0.05, 0) is 29.7 Å². The van der Waals surface area contributed by atoms with Crippen LogP contribution in [0.5, 0.6) is 5.75 Å². The fourth-order valence-corrected chi connectivity index (χ4v) is 2.67. The molecule has 0 atom stereocenters. The molecule has 0 bridgehead atoms. The van der Waals surface area contributed by atoms with Crippen LogP contribution in [-0.4, -0.2) is 12.5 Å². The van der Waals surface area contributed by atoms with Crippen LogP contribution in [0.2, 0.25) is 5.02 Å². The molecule has 0 aliphatic heterocycles. The molecule has 0 radical (unpaired) electrons. The lowest BCUT2D eigenvalue weighted by molar-refractivity contribution is -0.137. The van der Waals surface area contributed by atoms with E-state index in [1.807, 2.05) is 36.4 Å². The van der Waals surface area contributed by atoms with E-state index in [2.05, 4.69) is 5.32 Å². The molecule has 0 aromatic heterocycles. The monoisotopic (exact) mass is 379 g/mol. The Morgan fingerprint density at radius 3 is 2.50 bits per heavy atom. The maximum atomic E-state index is 12.6. The first kappa shape index (κ1) is 18.1. The number of amides is 1. The van der Waals surface area contributed by atoms with E-state index >= 15 is 0 Å². The smallest absolute Gasteiger partial charge is 0.416 e. The molecule has 0 heterocycles. The fourth-order valence-electron chi connectivity index (χ4n) is 2.44. The highest BCUT2D eigenvalue weighted by Crippen LogP contribution is 2.33. The number of anilines is 1. The maximum Gasteiger partial charge on any atom is 0.416 e. The number of ether oxygens (including phenoxy) is 1. The van der Waals surface area contributed by atoms with E-state index in [0.717, 1.165) is 29.0 Å². The van der Waals surface area contributed by atoms with Gasteiger partial charge >= 0.3 is 6.18 Å². The van der Waals surface area contributed by atoms with Crippen LogP contribution >= 0.6 is 11.6 Å². The number of benzene rings is 3. The zero-order valence-electron chi connectivity index (χ0n) is 13.3. The Hall–Kier alpha value is -2.73. The first-order chi connectivity index (χ1) is 12.3. The molecule has 0 aliphatic rings. The summed E-state index contributed by atoms with van der Waals surface area (Å²) in [5.74, 6) is 0.0105. The third kappa shape index (κ3) is 4.08. The second-order valence-corrected chi connectivity index (χ2v) is 5.91. The SMILES string of the molecule is O=C(COc1cccc2ccccc12)Nc1ccc(C(F)(F)F)cc1Cl. The van der Waals surface area contributed by atoms with Gasteiger partial charge in [-0.1, -0.05) is 48.0 Å². The van der Waals surface area contributed by atoms with Crippen LogP contribution in [0, 0.1) is 0 Å². The van der Waals surface area contributed by atoms with Crippen molar-refractivity contribution in [1.29, 1.82) is 0 Å². The summed E-state index contributed by atoms with van der Waals surface area (Å²) in [7, 11) is 0. The quantitative estimate of drug-likeness (QED) is 0.647. The summed E-state index contributed by atoms with van der Waals surface area (Å²) in [6, 6.07) is 15.7. The molecule has 3 nitrogen and oxygen atoms in total. The third-order valence-corrected chi connectivity index (χ3v) is 3.99. The number of rotatable bonds is 4. The highest BCUT2D eigenvalue weighted by atomic mass is 35.5. The zero-order chi connectivity index (χ0) is 18.7. The highest BCUT2D eigenvalue weighted by molar-refractivity contribution is 6.33. The Bertz CT molecular complexity index is 952. The van der Waals surface area contributed by atoms with Gasteiger partial charge in [0.05, 0.1) is 16.3 Å². The lowest BCUT2D eigenvalue weighted by Gasteiger charge is -2.12. The molecule has 0 spiro atoms. The van der Waals surface area contributed by atoms with Crippen LogP contribution < -0.4 is 10.1 Å². The first-order valence-electron chi connectivity index (χ1n) is 7.62. The van der Waals surface area contributed by atoms with Crippen molar-refractivity contribution < 1.29 is 22.7 Å². The topological polar surface area (TPSA) is 38.3 Å². The van der Waals surface area contributed by atoms with Gasteiger partial charge in [0.2, 0.25) is 0 Å². The Balaban J connectivity index is 1.68. The molecule has 3 aromatic carbocycles. The van der Waals surface area contributed by atoms with Crippen molar-refractivity contribution >= 4 is 34.0 Å². The predicted octanol–water partition coefficient (Wildman–Crippen LogP) is 5.53. The molecular weight excluding hydrogens is 367 g/mol. The minimum atomic E-state index is -4.50. The number of carbonyl (C=O) groups excluding carboxylic acids is 1. The second kappa shape index (κ2) is 7.25. The Morgan fingerprint density at radius 2 is 1.77 bits per heavy atom. The van der Waals surface area contributed by atoms with Crippen LogP contribution in [0.4, 0.5) is 18.9 Å². The molecule has 0 fully saturated rings. The molecule has 3 rings (SSSR count). The van der Waals surface area contributed by atoms with E-state index in [4.69, 9.17) is 16.3 Å². The van der Waals surface area contributed by atoms with Gasteiger partial charge in [0, 0.05) is 5.39 Å². The number of carbonyl (C=O) groups is 1. The largest absolute Gasteiger partial charge is 0.483 e. The number of hydrogen-bond acceptors (Lipinski definition) is 2. The summed E-state index contributed by atoms with van der Waals surface area (Å²) >= 11 is 5.82. The Labute approximate surface area is 152 Å². The lowest BCUT2D eigenvalue weighted by atomic mass is 10.1. The van der Waals surface area contributed by atoms with Crippen molar-refractivity contribution in [1.82, 2.24) is 0 Å². The molecule has 1 amide bonds. The van der Waals surface area contributed by atoms with Gasteiger partial charge in [-0.25, -0.2) is 0 Å². The normalized spacial score (nSPS) is 11.4. The molecule has 0 aliphatic carbocycles. The van der Waals surface area contributed by atoms with E-state index in [-0.39, 0.29) is 17.3 Å². The summed E-state index contributed by atoms with van der Waals surface area (Å²) in [5.41, 5.74) is -0.793. The average Bonchev–Trinajstić information content (AvgIpc) is 2.60. The summed E-state index contributed by atoms with van der Waals surface area (Å²) in [5, 5.41) is 4.07. The number of alkyl halides is 3. The Morgan fingerprint density at radius 1 is 1.04 bits per heavy atom. The second-order valence-electron chi connectivity index (χ2n) is 5.51. The fraction of sp³-hybridized carbons (Fsp3) is 0.105. The summed E-state index contributed by atoms with van der Waals surface area (Å²) in [4.78, 5) is 12.0. The van der Waals surface area contributed by atoms with Crippen LogP contribution in [0.15, 0.2) is 60.7 Å². The van der Waals surface area contributed by atoms with E-state index in [1.165, 1.54) is 0 Å². The molecule has 134 valence electrons. The third-order valence-electron chi connectivity index (χ3n) is 3.68. The van der Waals surface area contributed by atoms with Crippen LogP contribution in [0.25, 0.3) is 10.8 Å². The molecule has 0 unspecified atom stereocenters. The lowest BCUT2D eigenvalue weighted by Crippen LogP contribution is -2.20. The van der Waals surface area contributed by atoms with Gasteiger partial charge in [0.1, 0.15) is 5.75 Å². The van der Waals surface area contributed by atoms with Crippen molar-refractivity contribution in [2.45, 2.75) is 6.18 Å². The van der Waals surface area contributed by atoms with E-state index < -0.39 is 17.6 Å². The molecule has 0 saturated heterocycles. The van der Waals surface area contributed by atoms with Gasteiger partial charge in [-0.3, -0.25) is 4.79 Å². The van der Waals surface area contributed by atoms with Crippen molar-refractivity contribution in [2.75, 3.05) is 11.9 Å². The average molecular weight is 380 g/mol. The van der Waals surface area contributed by atoms with Crippen LogP contribution in [0.1, 0.15) is 5.56 Å². The van der Waals surface area contributed by atoms with Crippen molar-refractivity contribution in [3.05, 3.63) is 71.2 Å². The Kier molecular flexibility index (Phi) is 5.04. The number of halogens is 4. The van der Waals surface area contributed by atoms with Crippen molar-refractivity contribution in [3.63, 3.8) is 0 Å². The molecular formula is C19H13ClF3NO2. The summed E-state index contributed by atoms with van der Waals surface area (Å²) in [6.07, 6.45) is -4.50. The van der Waals surface area contributed by atoms with Gasteiger partial charge in [-0.15, -0.1) is 0 Å². The molecule has 7 heteroatoms.